The van der Waals surface area contributed by atoms with Crippen LogP contribution in [-0.4, -0.2) is 47.3 Å². The van der Waals surface area contributed by atoms with Crippen LogP contribution in [0, 0.1) is 5.82 Å². The third-order valence-electron chi connectivity index (χ3n) is 6.66. The highest BCUT2D eigenvalue weighted by Crippen LogP contribution is 2.30. The number of aromatic nitrogens is 2. The highest BCUT2D eigenvalue weighted by Gasteiger charge is 2.26. The second-order valence-electron chi connectivity index (χ2n) is 10.7. The summed E-state index contributed by atoms with van der Waals surface area (Å²) >= 11 is 6.35. The number of benzene rings is 3. The molecule has 244 valence electrons. The van der Waals surface area contributed by atoms with Crippen molar-refractivity contribution < 1.29 is 23.5 Å². The topological polar surface area (TPSA) is 106 Å². The van der Waals surface area contributed by atoms with Crippen LogP contribution in [0.25, 0.3) is 11.3 Å². The van der Waals surface area contributed by atoms with Crippen molar-refractivity contribution in [2.45, 2.75) is 54.0 Å². The number of morpholine rings is 1. The molecule has 2 N–H and O–H groups in total. The van der Waals surface area contributed by atoms with E-state index in [1.54, 1.807) is 52.0 Å². The molecule has 11 heteroatoms. The van der Waals surface area contributed by atoms with E-state index in [2.05, 4.69) is 15.7 Å². The highest BCUT2D eigenvalue weighted by molar-refractivity contribution is 6.34. The van der Waals surface area contributed by atoms with Crippen LogP contribution in [0.5, 0.6) is 0 Å². The molecule has 0 unspecified atom stereocenters. The molecule has 3 aromatic carbocycles. The van der Waals surface area contributed by atoms with Gasteiger partial charge in [-0.2, -0.15) is 5.10 Å². The lowest BCUT2D eigenvalue weighted by atomic mass is 10.0. The molecule has 5 rings (SSSR count). The number of hydrogen-bond acceptors (Lipinski definition) is 5. The number of carbonyl (C=O) groups excluding carboxylic acids is 3. The van der Waals surface area contributed by atoms with Crippen molar-refractivity contribution in [1.82, 2.24) is 9.78 Å². The van der Waals surface area contributed by atoms with Crippen LogP contribution in [-0.2, 0) is 15.1 Å². The monoisotopic (exact) mass is 649 g/mol. The van der Waals surface area contributed by atoms with Gasteiger partial charge in [0.25, 0.3) is 17.7 Å². The maximum Gasteiger partial charge on any atom is 0.259 e. The Bertz CT molecular complexity index is 1650. The molecule has 0 bridgehead atoms. The molecule has 0 radical (unpaired) electrons. The van der Waals surface area contributed by atoms with Crippen LogP contribution in [0.1, 0.15) is 69.2 Å². The molecule has 1 aliphatic rings. The Hall–Kier alpha value is -4.54. The molecule has 3 amide bonds. The predicted octanol–water partition coefficient (Wildman–Crippen LogP) is 8.02. The lowest BCUT2D eigenvalue weighted by molar-refractivity contribution is -0.125. The molecule has 1 aliphatic heterocycles. The summed E-state index contributed by atoms with van der Waals surface area (Å²) < 4.78 is 20.5. The molecule has 1 saturated heterocycles. The van der Waals surface area contributed by atoms with E-state index in [1.165, 1.54) is 30.5 Å². The van der Waals surface area contributed by atoms with Gasteiger partial charge in [0.05, 0.1) is 40.2 Å². The third kappa shape index (κ3) is 8.58. The van der Waals surface area contributed by atoms with E-state index in [1.807, 2.05) is 48.5 Å². The summed E-state index contributed by atoms with van der Waals surface area (Å²) in [6.45, 7) is 14.8. The van der Waals surface area contributed by atoms with E-state index in [0.717, 1.165) is 0 Å². The van der Waals surface area contributed by atoms with E-state index in [-0.39, 0.29) is 34.5 Å². The number of amides is 3. The Morgan fingerprint density at radius 1 is 0.870 bits per heavy atom. The summed E-state index contributed by atoms with van der Waals surface area (Å²) in [5.41, 5.74) is 2.73. The molecule has 0 spiro atoms. The lowest BCUT2D eigenvalue weighted by Gasteiger charge is -2.26. The zero-order chi connectivity index (χ0) is 34.0. The first-order valence-electron chi connectivity index (χ1n) is 15.3. The van der Waals surface area contributed by atoms with Gasteiger partial charge < -0.3 is 20.3 Å². The van der Waals surface area contributed by atoms with Gasteiger partial charge in [-0.3, -0.25) is 19.1 Å². The van der Waals surface area contributed by atoms with E-state index in [4.69, 9.17) is 16.3 Å². The van der Waals surface area contributed by atoms with Crippen molar-refractivity contribution >= 4 is 46.4 Å². The molecule has 9 nitrogen and oxygen atoms in total. The van der Waals surface area contributed by atoms with Gasteiger partial charge in [0.1, 0.15) is 12.4 Å². The predicted molar refractivity (Wildman–Crippen MR) is 182 cm³/mol. The second-order valence-corrected chi connectivity index (χ2v) is 11.2. The average Bonchev–Trinajstić information content (AvgIpc) is 3.51. The Balaban J connectivity index is 0.00000139. The van der Waals surface area contributed by atoms with Gasteiger partial charge in [0.15, 0.2) is 0 Å². The van der Waals surface area contributed by atoms with Gasteiger partial charge in [-0.1, -0.05) is 39.3 Å². The van der Waals surface area contributed by atoms with E-state index in [0.29, 0.717) is 41.5 Å². The van der Waals surface area contributed by atoms with Crippen LogP contribution in [0.4, 0.5) is 21.5 Å². The van der Waals surface area contributed by atoms with Gasteiger partial charge in [-0.15, -0.1) is 0 Å². The highest BCUT2D eigenvalue weighted by atomic mass is 35.5. The molecule has 4 aromatic rings. The Morgan fingerprint density at radius 3 is 2.07 bits per heavy atom. The second kappa shape index (κ2) is 16.1. The summed E-state index contributed by atoms with van der Waals surface area (Å²) in [6, 6.07) is 17.3. The molecule has 46 heavy (non-hydrogen) atoms. The minimum Gasteiger partial charge on any atom is -0.370 e. The fourth-order valence-corrected chi connectivity index (χ4v) is 4.80. The number of hydrogen-bond donors (Lipinski definition) is 2. The molecule has 0 aliphatic carbocycles. The molecule has 1 fully saturated rings. The summed E-state index contributed by atoms with van der Waals surface area (Å²) in [7, 11) is 0. The van der Waals surface area contributed by atoms with Crippen molar-refractivity contribution in [1.29, 1.82) is 0 Å². The quantitative estimate of drug-likeness (QED) is 0.220. The maximum atomic E-state index is 13.6. The van der Waals surface area contributed by atoms with Crippen LogP contribution in [0.2, 0.25) is 5.02 Å². The first kappa shape index (κ1) is 35.9. The zero-order valence-electron chi connectivity index (χ0n) is 27.3. The number of rotatable bonds is 6. The largest absolute Gasteiger partial charge is 0.370 e. The Labute approximate surface area is 274 Å². The van der Waals surface area contributed by atoms with E-state index in [9.17, 15) is 18.8 Å². The van der Waals surface area contributed by atoms with Crippen LogP contribution in [0.3, 0.4) is 0 Å². The average molecular weight is 650 g/mol. The molecule has 2 heterocycles. The van der Waals surface area contributed by atoms with Crippen molar-refractivity contribution in [3.8, 4) is 11.3 Å². The molecule has 0 saturated carbocycles. The van der Waals surface area contributed by atoms with Crippen molar-refractivity contribution in [2.24, 2.45) is 0 Å². The fourth-order valence-electron chi connectivity index (χ4n) is 4.60. The SMILES string of the molecule is CC.CC.CC(C)(C)n1ncc(C(=O)Nc2ccc(Cl)c(C(=O)Nc3ccc(N4CCOCC4=O)cc3)c2)c1-c1ccc(F)cc1. The van der Waals surface area contributed by atoms with Gasteiger partial charge in [0.2, 0.25) is 0 Å². The number of nitrogens with zero attached hydrogens (tertiary/aromatic N) is 3. The normalized spacial score (nSPS) is 12.7. The summed E-state index contributed by atoms with van der Waals surface area (Å²) in [4.78, 5) is 40.3. The summed E-state index contributed by atoms with van der Waals surface area (Å²) in [5.74, 6) is -1.44. The first-order chi connectivity index (χ1) is 22.0. The summed E-state index contributed by atoms with van der Waals surface area (Å²) in [6.07, 6.45) is 1.47. The number of halogens is 2. The van der Waals surface area contributed by atoms with Gasteiger partial charge in [0, 0.05) is 29.2 Å². The molecular weight excluding hydrogens is 609 g/mol. The molecule has 0 atom stereocenters. The minimum absolute atomic E-state index is 0.0380. The maximum absolute atomic E-state index is 13.6. The first-order valence-corrected chi connectivity index (χ1v) is 15.6. The van der Waals surface area contributed by atoms with E-state index < -0.39 is 17.4 Å². The number of ether oxygens (including phenoxy) is 1. The number of nitrogens with one attached hydrogen (secondary N) is 2. The zero-order valence-corrected chi connectivity index (χ0v) is 28.0. The van der Waals surface area contributed by atoms with Gasteiger partial charge >= 0.3 is 0 Å². The lowest BCUT2D eigenvalue weighted by Crippen LogP contribution is -2.41. The van der Waals surface area contributed by atoms with Crippen molar-refractivity contribution in [3.63, 3.8) is 0 Å². The van der Waals surface area contributed by atoms with Crippen LogP contribution in [0.15, 0.2) is 72.9 Å². The van der Waals surface area contributed by atoms with E-state index >= 15 is 0 Å². The number of anilines is 3. The van der Waals surface area contributed by atoms with Crippen molar-refractivity contribution in [2.75, 3.05) is 35.3 Å². The van der Waals surface area contributed by atoms with Gasteiger partial charge in [-0.25, -0.2) is 4.39 Å². The standard InChI is InChI=1S/C31H29ClFN5O4.2C2H6/c1-31(2,3)38-28(19-4-6-20(33)7-5-19)25(17-34-38)30(41)36-22-10-13-26(32)24(16-22)29(40)35-21-8-11-23(12-9-21)37-14-15-42-18-27(37)39;2*1-2/h4-13,16-17H,14-15,18H2,1-3H3,(H,35,40)(H,36,41);2*1-2H3. The smallest absolute Gasteiger partial charge is 0.259 e. The van der Waals surface area contributed by atoms with Gasteiger partial charge in [-0.05, 0) is 87.5 Å². The van der Waals surface area contributed by atoms with Crippen molar-refractivity contribution in [3.05, 3.63) is 94.9 Å². The molecular formula is C35H41ClFN5O4. The fraction of sp³-hybridized carbons (Fsp3) is 0.314. The minimum atomic E-state index is -0.473. The summed E-state index contributed by atoms with van der Waals surface area (Å²) in [5, 5.41) is 10.3. The Morgan fingerprint density at radius 2 is 1.46 bits per heavy atom. The van der Waals surface area contributed by atoms with Crippen LogP contribution < -0.4 is 15.5 Å². The third-order valence-corrected chi connectivity index (χ3v) is 6.99. The number of carbonyl (C=O) groups is 3. The molecule has 1 aromatic heterocycles. The van der Waals surface area contributed by atoms with Crippen LogP contribution >= 0.6 is 11.6 Å². The Kier molecular flexibility index (Phi) is 12.6.